The maximum Gasteiger partial charge on any atom is 0.417 e. The van der Waals surface area contributed by atoms with E-state index in [9.17, 15) is 13.2 Å². The summed E-state index contributed by atoms with van der Waals surface area (Å²) in [5.74, 6) is 0.548. The van der Waals surface area contributed by atoms with Crippen molar-refractivity contribution in [2.45, 2.75) is 32.0 Å². The molecule has 1 saturated carbocycles. The van der Waals surface area contributed by atoms with E-state index in [1.54, 1.807) is 23.0 Å². The Kier molecular flexibility index (Phi) is 3.28. The van der Waals surface area contributed by atoms with Crippen LogP contribution in [0.2, 0.25) is 0 Å². The Hall–Kier alpha value is -1.78. The summed E-state index contributed by atoms with van der Waals surface area (Å²) in [7, 11) is 0. The molecule has 0 bridgehead atoms. The first-order chi connectivity index (χ1) is 9.55. The first-order valence-electron chi connectivity index (χ1n) is 6.74. The SMILES string of the molecule is FC(F)(F)c1ccccc1-c1ccnn1CC1CCC1. The van der Waals surface area contributed by atoms with Gasteiger partial charge < -0.3 is 0 Å². The third kappa shape index (κ3) is 2.44. The van der Waals surface area contributed by atoms with Crippen molar-refractivity contribution in [3.05, 3.63) is 42.1 Å². The molecule has 20 heavy (non-hydrogen) atoms. The number of hydrogen-bond acceptors (Lipinski definition) is 1. The smallest absolute Gasteiger partial charge is 0.265 e. The summed E-state index contributed by atoms with van der Waals surface area (Å²) in [5, 5.41) is 4.19. The Labute approximate surface area is 115 Å². The predicted octanol–water partition coefficient (Wildman–Crippen LogP) is 4.37. The molecule has 3 rings (SSSR count). The fourth-order valence-corrected chi connectivity index (χ4v) is 2.58. The minimum atomic E-state index is -4.35. The van der Waals surface area contributed by atoms with E-state index < -0.39 is 11.7 Å². The molecule has 1 aliphatic carbocycles. The number of alkyl halides is 3. The van der Waals surface area contributed by atoms with Crippen LogP contribution in [0.15, 0.2) is 36.5 Å². The summed E-state index contributed by atoms with van der Waals surface area (Å²) in [6, 6.07) is 7.33. The Morgan fingerprint density at radius 3 is 2.55 bits per heavy atom. The van der Waals surface area contributed by atoms with Gasteiger partial charge in [0.1, 0.15) is 0 Å². The zero-order valence-electron chi connectivity index (χ0n) is 10.9. The van der Waals surface area contributed by atoms with Gasteiger partial charge >= 0.3 is 6.18 Å². The number of hydrogen-bond donors (Lipinski definition) is 0. The van der Waals surface area contributed by atoms with Gasteiger partial charge in [0.15, 0.2) is 0 Å². The minimum Gasteiger partial charge on any atom is -0.265 e. The van der Waals surface area contributed by atoms with Crippen LogP contribution >= 0.6 is 0 Å². The van der Waals surface area contributed by atoms with Crippen LogP contribution in [-0.2, 0) is 12.7 Å². The van der Waals surface area contributed by atoms with Crippen LogP contribution in [-0.4, -0.2) is 9.78 Å². The fraction of sp³-hybridized carbons (Fsp3) is 0.400. The van der Waals surface area contributed by atoms with Crippen LogP contribution in [0.3, 0.4) is 0 Å². The molecule has 0 aliphatic heterocycles. The lowest BCUT2D eigenvalue weighted by Gasteiger charge is -2.26. The van der Waals surface area contributed by atoms with Crippen molar-refractivity contribution >= 4 is 0 Å². The zero-order chi connectivity index (χ0) is 14.2. The Morgan fingerprint density at radius 1 is 1.15 bits per heavy atom. The number of benzene rings is 1. The molecule has 0 atom stereocenters. The van der Waals surface area contributed by atoms with Gasteiger partial charge in [0.2, 0.25) is 0 Å². The normalized spacial score (nSPS) is 16.1. The van der Waals surface area contributed by atoms with Gasteiger partial charge in [0.05, 0.1) is 11.3 Å². The summed E-state index contributed by atoms with van der Waals surface area (Å²) in [5.41, 5.74) is 0.150. The van der Waals surface area contributed by atoms with Gasteiger partial charge in [-0.2, -0.15) is 18.3 Å². The number of halogens is 3. The first kappa shape index (κ1) is 13.2. The molecular weight excluding hydrogens is 265 g/mol. The standard InChI is InChI=1S/C15H15F3N2/c16-15(17,18)13-7-2-1-6-12(13)14-8-9-19-20(14)10-11-4-3-5-11/h1-2,6-9,11H,3-5,10H2. The Morgan fingerprint density at radius 2 is 1.90 bits per heavy atom. The van der Waals surface area contributed by atoms with E-state index in [1.165, 1.54) is 18.6 Å². The first-order valence-corrected chi connectivity index (χ1v) is 6.74. The van der Waals surface area contributed by atoms with E-state index >= 15 is 0 Å². The summed E-state index contributed by atoms with van der Waals surface area (Å²) in [6.07, 6.45) is 0.712. The second-order valence-corrected chi connectivity index (χ2v) is 5.24. The molecule has 1 fully saturated rings. The zero-order valence-corrected chi connectivity index (χ0v) is 10.9. The third-order valence-electron chi connectivity index (χ3n) is 3.88. The number of rotatable bonds is 3. The maximum absolute atomic E-state index is 13.1. The van der Waals surface area contributed by atoms with Crippen LogP contribution in [0.4, 0.5) is 13.2 Å². The molecule has 1 aromatic carbocycles. The van der Waals surface area contributed by atoms with E-state index in [2.05, 4.69) is 5.10 Å². The molecule has 0 saturated heterocycles. The maximum atomic E-state index is 13.1. The Balaban J connectivity index is 1.99. The van der Waals surface area contributed by atoms with Crippen molar-refractivity contribution in [2.75, 3.05) is 0 Å². The van der Waals surface area contributed by atoms with Gasteiger partial charge in [-0.3, -0.25) is 4.68 Å². The molecule has 0 radical (unpaired) electrons. The van der Waals surface area contributed by atoms with E-state index in [-0.39, 0.29) is 5.56 Å². The Bertz CT molecular complexity index is 597. The highest BCUT2D eigenvalue weighted by Gasteiger charge is 2.34. The monoisotopic (exact) mass is 280 g/mol. The van der Waals surface area contributed by atoms with Crippen molar-refractivity contribution in [1.29, 1.82) is 0 Å². The largest absolute Gasteiger partial charge is 0.417 e. The van der Waals surface area contributed by atoms with Crippen LogP contribution in [0.1, 0.15) is 24.8 Å². The second kappa shape index (κ2) is 4.96. The minimum absolute atomic E-state index is 0.205. The summed E-state index contributed by atoms with van der Waals surface area (Å²) in [6.45, 7) is 0.703. The molecule has 106 valence electrons. The lowest BCUT2D eigenvalue weighted by molar-refractivity contribution is -0.137. The van der Waals surface area contributed by atoms with E-state index in [0.29, 0.717) is 18.2 Å². The van der Waals surface area contributed by atoms with E-state index in [0.717, 1.165) is 18.9 Å². The molecule has 1 heterocycles. The van der Waals surface area contributed by atoms with Gasteiger partial charge in [0.25, 0.3) is 0 Å². The second-order valence-electron chi connectivity index (χ2n) is 5.24. The summed E-state index contributed by atoms with van der Waals surface area (Å²) in [4.78, 5) is 0. The molecule has 0 unspecified atom stereocenters. The van der Waals surface area contributed by atoms with Gasteiger partial charge in [-0.1, -0.05) is 24.6 Å². The third-order valence-corrected chi connectivity index (χ3v) is 3.88. The van der Waals surface area contributed by atoms with Crippen molar-refractivity contribution in [2.24, 2.45) is 5.92 Å². The average molecular weight is 280 g/mol. The highest BCUT2D eigenvalue weighted by molar-refractivity contribution is 5.64. The van der Waals surface area contributed by atoms with Gasteiger partial charge in [-0.15, -0.1) is 0 Å². The molecule has 0 spiro atoms. The van der Waals surface area contributed by atoms with E-state index in [1.807, 2.05) is 0 Å². The quantitative estimate of drug-likeness (QED) is 0.816. The van der Waals surface area contributed by atoms with Crippen LogP contribution in [0.25, 0.3) is 11.3 Å². The van der Waals surface area contributed by atoms with Gasteiger partial charge in [-0.25, -0.2) is 0 Å². The molecule has 5 heteroatoms. The highest BCUT2D eigenvalue weighted by Crippen LogP contribution is 2.37. The molecule has 2 aromatic rings. The summed E-state index contributed by atoms with van der Waals surface area (Å²) < 4.78 is 40.9. The molecular formula is C15H15F3N2. The molecule has 2 nitrogen and oxygen atoms in total. The number of aromatic nitrogens is 2. The van der Waals surface area contributed by atoms with Crippen LogP contribution in [0, 0.1) is 5.92 Å². The van der Waals surface area contributed by atoms with Crippen molar-refractivity contribution in [3.8, 4) is 11.3 Å². The predicted molar refractivity (Wildman–Crippen MR) is 70.0 cm³/mol. The van der Waals surface area contributed by atoms with Crippen molar-refractivity contribution in [3.63, 3.8) is 0 Å². The van der Waals surface area contributed by atoms with Gasteiger partial charge in [0, 0.05) is 18.3 Å². The molecule has 1 aromatic heterocycles. The lowest BCUT2D eigenvalue weighted by atomic mass is 9.85. The van der Waals surface area contributed by atoms with Gasteiger partial charge in [-0.05, 0) is 30.9 Å². The lowest BCUT2D eigenvalue weighted by Crippen LogP contribution is -2.19. The molecule has 1 aliphatic rings. The number of nitrogens with zero attached hydrogens (tertiary/aromatic N) is 2. The van der Waals surface area contributed by atoms with E-state index in [4.69, 9.17) is 0 Å². The van der Waals surface area contributed by atoms with Crippen LogP contribution in [0.5, 0.6) is 0 Å². The van der Waals surface area contributed by atoms with Crippen molar-refractivity contribution in [1.82, 2.24) is 9.78 Å². The highest BCUT2D eigenvalue weighted by atomic mass is 19.4. The summed E-state index contributed by atoms with van der Waals surface area (Å²) >= 11 is 0. The van der Waals surface area contributed by atoms with Crippen molar-refractivity contribution < 1.29 is 13.2 Å². The van der Waals surface area contributed by atoms with Crippen LogP contribution < -0.4 is 0 Å². The molecule has 0 N–H and O–H groups in total. The molecule has 0 amide bonds. The fourth-order valence-electron chi connectivity index (χ4n) is 2.58. The average Bonchev–Trinajstić information content (AvgIpc) is 2.81. The topological polar surface area (TPSA) is 17.8 Å².